The maximum absolute atomic E-state index is 12.9. The van der Waals surface area contributed by atoms with Crippen LogP contribution in [0, 0.1) is 11.3 Å². The van der Waals surface area contributed by atoms with E-state index in [1.807, 2.05) is 6.07 Å². The van der Waals surface area contributed by atoms with Crippen LogP contribution in [0.25, 0.3) is 21.5 Å². The molecule has 0 aliphatic carbocycles. The van der Waals surface area contributed by atoms with Gasteiger partial charge in [0, 0.05) is 5.90 Å². The second kappa shape index (κ2) is 8.08. The summed E-state index contributed by atoms with van der Waals surface area (Å²) in [5.41, 5.74) is 10.4. The van der Waals surface area contributed by atoms with Crippen LogP contribution >= 0.6 is 11.3 Å². The Hall–Kier alpha value is -4.58. The molecule has 3 heterocycles. The van der Waals surface area contributed by atoms with Crippen LogP contribution in [0.5, 0.6) is 5.75 Å². The van der Waals surface area contributed by atoms with Crippen LogP contribution in [-0.2, 0) is 7.05 Å². The number of para-hydroxylation sites is 2. The zero-order valence-electron chi connectivity index (χ0n) is 16.9. The number of aromatic amines is 1. The zero-order chi connectivity index (χ0) is 24.8. The van der Waals surface area contributed by atoms with E-state index in [0.717, 1.165) is 23.5 Å². The lowest BCUT2D eigenvalue weighted by Crippen LogP contribution is -2.34. The first kappa shape index (κ1) is 22.6. The average molecular weight is 491 g/mol. The lowest BCUT2D eigenvalue weighted by Gasteiger charge is -2.14. The quantitative estimate of drug-likeness (QED) is 0.218. The van der Waals surface area contributed by atoms with Crippen molar-refractivity contribution in [2.24, 2.45) is 12.0 Å². The van der Waals surface area contributed by atoms with Gasteiger partial charge in [-0.1, -0.05) is 16.8 Å². The number of hydrogen-bond acceptors (Lipinski definition) is 10. The lowest BCUT2D eigenvalue weighted by atomic mass is 10.0. The van der Waals surface area contributed by atoms with E-state index < -0.39 is 23.6 Å². The molecule has 0 fully saturated rings. The summed E-state index contributed by atoms with van der Waals surface area (Å²) in [7, 11) is 1.44. The van der Waals surface area contributed by atoms with Crippen molar-refractivity contribution < 1.29 is 32.2 Å². The van der Waals surface area contributed by atoms with E-state index in [1.165, 1.54) is 23.9 Å². The summed E-state index contributed by atoms with van der Waals surface area (Å²) in [5, 5.41) is 24.9. The molecule has 0 saturated carbocycles. The molecule has 0 unspecified atom stereocenters. The second-order valence-electron chi connectivity index (χ2n) is 6.70. The predicted octanol–water partition coefficient (Wildman–Crippen LogP) is 1.44. The number of pyridine rings is 1. The number of rotatable bonds is 4. The zero-order valence-corrected chi connectivity index (χ0v) is 17.7. The van der Waals surface area contributed by atoms with Crippen LogP contribution in [0.2, 0.25) is 0 Å². The first-order valence-corrected chi connectivity index (χ1v) is 9.93. The van der Waals surface area contributed by atoms with E-state index in [2.05, 4.69) is 20.0 Å². The second-order valence-corrected chi connectivity index (χ2v) is 7.70. The Labute approximate surface area is 190 Å². The first-order chi connectivity index (χ1) is 16.0. The molecule has 174 valence electrons. The molecule has 0 amide bonds. The minimum atomic E-state index is -5.00. The molecule has 0 aliphatic rings. The van der Waals surface area contributed by atoms with Crippen molar-refractivity contribution in [3.63, 3.8) is 0 Å². The van der Waals surface area contributed by atoms with Gasteiger partial charge in [-0.15, -0.1) is 24.5 Å². The highest BCUT2D eigenvalue weighted by atomic mass is 32.1. The largest absolute Gasteiger partial charge is 0.858 e. The van der Waals surface area contributed by atoms with E-state index in [-0.39, 0.29) is 49.1 Å². The van der Waals surface area contributed by atoms with Crippen LogP contribution in [0.3, 0.4) is 0 Å². The number of alkyl halides is 3. The maximum atomic E-state index is 12.9. The molecule has 5 N–H and O–H groups in total. The monoisotopic (exact) mass is 491 g/mol. The fourth-order valence-corrected chi connectivity index (χ4v) is 4.21. The average Bonchev–Trinajstić information content (AvgIpc) is 3.26. The van der Waals surface area contributed by atoms with Gasteiger partial charge in [-0.25, -0.2) is 9.78 Å². The number of nitrogen functional groups attached to an aromatic ring is 2. The van der Waals surface area contributed by atoms with Gasteiger partial charge in [-0.2, -0.15) is 5.26 Å². The third-order valence-corrected chi connectivity index (χ3v) is 5.65. The molecule has 34 heavy (non-hydrogen) atoms. The van der Waals surface area contributed by atoms with Gasteiger partial charge in [0.2, 0.25) is 0 Å². The Kier molecular flexibility index (Phi) is 5.37. The Balaban J connectivity index is 1.96. The summed E-state index contributed by atoms with van der Waals surface area (Å²) >= 11 is 0.743. The number of thiophene rings is 1. The molecule has 3 aromatic heterocycles. The number of aliphatic imine (C=N–C) groups is 1. The molecule has 1 aromatic carbocycles. The molecule has 0 saturated heterocycles. The number of hydrogen-bond donors (Lipinski definition) is 3. The third kappa shape index (κ3) is 3.86. The SMILES string of the molecule is C[n+]1[nH]oc(=O)c1-c1c(C#N)c(N)nc2sc(C([O-])=Nc3ccccc3OC(F)(F)F)c(N)c12. The van der Waals surface area contributed by atoms with Crippen LogP contribution in [0.4, 0.5) is 30.4 Å². The number of H-pyrrole nitrogens is 1. The minimum Gasteiger partial charge on any atom is -0.858 e. The van der Waals surface area contributed by atoms with Crippen LogP contribution in [0.15, 0.2) is 38.6 Å². The summed E-state index contributed by atoms with van der Waals surface area (Å²) < 4.78 is 47.9. The number of fused-ring (bicyclic) bond motifs is 1. The minimum absolute atomic E-state index is 0.0175. The molecule has 4 rings (SSSR count). The highest BCUT2D eigenvalue weighted by Gasteiger charge is 2.33. The number of benzene rings is 1. The molecule has 0 spiro atoms. The molecular weight excluding hydrogens is 479 g/mol. The van der Waals surface area contributed by atoms with Gasteiger partial charge < -0.3 is 21.3 Å². The van der Waals surface area contributed by atoms with E-state index in [1.54, 1.807) is 0 Å². The fourth-order valence-electron chi connectivity index (χ4n) is 3.21. The number of aryl methyl sites for hydroxylation is 1. The third-order valence-electron chi connectivity index (χ3n) is 4.56. The number of nitrogens with two attached hydrogens (primary N) is 2. The van der Waals surface area contributed by atoms with E-state index in [0.29, 0.717) is 0 Å². The van der Waals surface area contributed by atoms with Crippen molar-refractivity contribution in [3.8, 4) is 23.1 Å². The van der Waals surface area contributed by atoms with Crippen molar-refractivity contribution >= 4 is 44.6 Å². The van der Waals surface area contributed by atoms with Crippen LogP contribution in [-0.4, -0.2) is 22.5 Å². The molecule has 0 aliphatic heterocycles. The fraction of sp³-hybridized carbons (Fsp3) is 0.105. The first-order valence-electron chi connectivity index (χ1n) is 9.12. The lowest BCUT2D eigenvalue weighted by molar-refractivity contribution is -0.730. The number of aromatic nitrogens is 3. The summed E-state index contributed by atoms with van der Waals surface area (Å²) in [6.45, 7) is 0. The van der Waals surface area contributed by atoms with E-state index in [9.17, 15) is 28.3 Å². The molecular formula is C19H12F3N7O4S. The van der Waals surface area contributed by atoms with Crippen molar-refractivity contribution in [2.75, 3.05) is 11.5 Å². The number of nitriles is 1. The number of halogens is 3. The number of ether oxygens (including phenoxy) is 1. The molecule has 11 nitrogen and oxygen atoms in total. The van der Waals surface area contributed by atoms with Crippen molar-refractivity contribution in [1.29, 1.82) is 5.26 Å². The van der Waals surface area contributed by atoms with Crippen molar-refractivity contribution in [2.45, 2.75) is 6.36 Å². The van der Waals surface area contributed by atoms with Crippen LogP contribution < -0.4 is 31.6 Å². The summed E-state index contributed by atoms with van der Waals surface area (Å²) in [6.07, 6.45) is -5.00. The summed E-state index contributed by atoms with van der Waals surface area (Å²) in [6, 6.07) is 6.66. The van der Waals surface area contributed by atoms with Gasteiger partial charge in [-0.05, 0) is 17.4 Å². The van der Waals surface area contributed by atoms with E-state index >= 15 is 0 Å². The van der Waals surface area contributed by atoms with Gasteiger partial charge in [0.25, 0.3) is 0 Å². The smallest absolute Gasteiger partial charge is 0.573 e. The number of nitrogens with zero attached hydrogens (tertiary/aromatic N) is 4. The normalized spacial score (nSPS) is 12.1. The van der Waals surface area contributed by atoms with Gasteiger partial charge in [0.1, 0.15) is 28.0 Å². The van der Waals surface area contributed by atoms with Crippen molar-refractivity contribution in [3.05, 3.63) is 45.1 Å². The van der Waals surface area contributed by atoms with E-state index in [4.69, 9.17) is 16.0 Å². The highest BCUT2D eigenvalue weighted by Crippen LogP contribution is 2.41. The van der Waals surface area contributed by atoms with Gasteiger partial charge in [-0.3, -0.25) is 9.52 Å². The molecule has 4 aromatic rings. The number of anilines is 2. The standard InChI is InChI=1S/C19H12F3N7O4S/c1-29-13(18(31)33-28-29)10-7(6-23)15(25)27-17-11(10)12(24)14(34-17)16(30)26-8-4-2-3-5-9(8)32-19(20,21)22/h2-5H,1H3,(H5-,24,25,26,27,28,30,31). The van der Waals surface area contributed by atoms with Gasteiger partial charge in [0.15, 0.2) is 12.8 Å². The predicted molar refractivity (Wildman–Crippen MR) is 112 cm³/mol. The number of nitrogens with one attached hydrogen (secondary N) is 1. The van der Waals surface area contributed by atoms with Crippen LogP contribution in [0.1, 0.15) is 10.4 Å². The Morgan fingerprint density at radius 1 is 1.38 bits per heavy atom. The summed E-state index contributed by atoms with van der Waals surface area (Å²) in [5.74, 6) is -1.91. The molecule has 15 heteroatoms. The molecule has 0 atom stereocenters. The topological polar surface area (TPSA) is 183 Å². The molecule has 0 radical (unpaired) electrons. The highest BCUT2D eigenvalue weighted by molar-refractivity contribution is 7.21. The van der Waals surface area contributed by atoms with Gasteiger partial charge in [0.05, 0.1) is 21.5 Å². The Morgan fingerprint density at radius 3 is 2.71 bits per heavy atom. The summed E-state index contributed by atoms with van der Waals surface area (Å²) in [4.78, 5) is 20.0. The molecule has 0 bridgehead atoms. The van der Waals surface area contributed by atoms with Crippen molar-refractivity contribution in [1.82, 2.24) is 10.3 Å². The van der Waals surface area contributed by atoms with Gasteiger partial charge >= 0.3 is 17.7 Å². The Morgan fingerprint density at radius 2 is 2.09 bits per heavy atom. The maximum Gasteiger partial charge on any atom is 0.573 e. The Bertz CT molecular complexity index is 1560.